The number of carboxylic acids is 1. The fourth-order valence-electron chi connectivity index (χ4n) is 7.09. The van der Waals surface area contributed by atoms with Gasteiger partial charge in [0.1, 0.15) is 5.01 Å². The summed E-state index contributed by atoms with van der Waals surface area (Å²) in [5.41, 5.74) is 6.66. The molecule has 2 fully saturated rings. The van der Waals surface area contributed by atoms with Crippen LogP contribution in [0.2, 0.25) is 5.02 Å². The quantitative estimate of drug-likeness (QED) is 0.177. The van der Waals surface area contributed by atoms with Crippen LogP contribution in [0.5, 0.6) is 0 Å². The van der Waals surface area contributed by atoms with Gasteiger partial charge in [-0.05, 0) is 108 Å². The zero-order valence-corrected chi connectivity index (χ0v) is 29.1. The second-order valence-electron chi connectivity index (χ2n) is 13.7. The topological polar surface area (TPSA) is 89.7 Å². The number of aryl methyl sites for hydroxylation is 2. The van der Waals surface area contributed by atoms with Crippen molar-refractivity contribution < 1.29 is 19.4 Å². The molecule has 0 radical (unpaired) electrons. The van der Waals surface area contributed by atoms with Crippen molar-refractivity contribution in [2.45, 2.75) is 77.7 Å². The van der Waals surface area contributed by atoms with Crippen molar-refractivity contribution in [3.63, 3.8) is 0 Å². The van der Waals surface area contributed by atoms with Crippen LogP contribution >= 0.6 is 22.9 Å². The highest BCUT2D eigenvalue weighted by atomic mass is 35.5. The lowest BCUT2D eigenvalue weighted by Crippen LogP contribution is -2.51. The fraction of sp³-hybridized carbons (Fsp3) is 0.432. The largest absolute Gasteiger partial charge is 0.479 e. The number of piperidine rings is 1. The minimum Gasteiger partial charge on any atom is -0.479 e. The van der Waals surface area contributed by atoms with E-state index >= 15 is 0 Å². The summed E-state index contributed by atoms with van der Waals surface area (Å²) in [6.07, 6.45) is 1.06. The van der Waals surface area contributed by atoms with Gasteiger partial charge in [0.2, 0.25) is 0 Å². The normalized spacial score (nSPS) is 17.4. The van der Waals surface area contributed by atoms with Gasteiger partial charge in [0.15, 0.2) is 6.10 Å². The van der Waals surface area contributed by atoms with E-state index < -0.39 is 17.7 Å². The Balaban J connectivity index is 1.34. The SMILES string of the molecule is CCn1nc2ccc(-c3nc4cc(C)c(C(OC(C)(C)C)C(=O)O)c(-c5ccc(Cl)cc5)c4s3)cc2c1C1CCN(C2COC2)CC1. The minimum atomic E-state index is -1.15. The van der Waals surface area contributed by atoms with Crippen LogP contribution in [0.3, 0.4) is 0 Å². The highest BCUT2D eigenvalue weighted by Crippen LogP contribution is 2.45. The molecule has 3 aromatic carbocycles. The number of fused-ring (bicyclic) bond motifs is 2. The number of thiazole rings is 1. The van der Waals surface area contributed by atoms with Gasteiger partial charge in [-0.15, -0.1) is 11.3 Å². The van der Waals surface area contributed by atoms with E-state index in [9.17, 15) is 9.90 Å². The molecule has 1 N–H and O–H groups in total. The molecule has 0 amide bonds. The Morgan fingerprint density at radius 2 is 1.79 bits per heavy atom. The van der Waals surface area contributed by atoms with E-state index in [2.05, 4.69) is 34.7 Å². The summed E-state index contributed by atoms with van der Waals surface area (Å²) < 4.78 is 14.8. The van der Waals surface area contributed by atoms with Gasteiger partial charge in [-0.2, -0.15) is 5.10 Å². The van der Waals surface area contributed by atoms with Crippen LogP contribution in [0.1, 0.15) is 69.4 Å². The van der Waals surface area contributed by atoms with Crippen molar-refractivity contribution >= 4 is 50.0 Å². The molecule has 1 atom stereocenters. The summed E-state index contributed by atoms with van der Waals surface area (Å²) in [5.74, 6) is -0.583. The zero-order chi connectivity index (χ0) is 33.0. The summed E-state index contributed by atoms with van der Waals surface area (Å²) in [7, 11) is 0. The lowest BCUT2D eigenvalue weighted by molar-refractivity contribution is -0.160. The van der Waals surface area contributed by atoms with Crippen LogP contribution in [-0.2, 0) is 20.8 Å². The number of benzene rings is 3. The number of hydrogen-bond donors (Lipinski definition) is 1. The fourth-order valence-corrected chi connectivity index (χ4v) is 8.34. The van der Waals surface area contributed by atoms with Gasteiger partial charge in [0.05, 0.1) is 40.6 Å². The molecule has 2 aliphatic heterocycles. The predicted octanol–water partition coefficient (Wildman–Crippen LogP) is 8.48. The first kappa shape index (κ1) is 32.2. The Hall–Kier alpha value is -3.34. The van der Waals surface area contributed by atoms with E-state index in [1.165, 1.54) is 11.1 Å². The second-order valence-corrected chi connectivity index (χ2v) is 15.2. The molecule has 246 valence electrons. The summed E-state index contributed by atoms with van der Waals surface area (Å²) in [4.78, 5) is 20.5. The highest BCUT2D eigenvalue weighted by Gasteiger charge is 2.34. The van der Waals surface area contributed by atoms with Crippen LogP contribution in [0.15, 0.2) is 48.5 Å². The number of rotatable bonds is 8. The number of ether oxygens (including phenoxy) is 2. The van der Waals surface area contributed by atoms with Gasteiger partial charge in [0, 0.05) is 45.3 Å². The second kappa shape index (κ2) is 12.6. The number of aromatic nitrogens is 3. The lowest BCUT2D eigenvalue weighted by Gasteiger charge is -2.41. The van der Waals surface area contributed by atoms with E-state index in [1.807, 2.05) is 58.0 Å². The van der Waals surface area contributed by atoms with Crippen LogP contribution < -0.4 is 0 Å². The summed E-state index contributed by atoms with van der Waals surface area (Å²) in [6.45, 7) is 14.4. The molecule has 5 aromatic rings. The molecule has 2 saturated heterocycles. The maximum absolute atomic E-state index is 12.7. The van der Waals surface area contributed by atoms with E-state index in [4.69, 9.17) is 31.2 Å². The molecule has 0 saturated carbocycles. The molecular weight excluding hydrogens is 632 g/mol. The Kier molecular flexibility index (Phi) is 8.64. The van der Waals surface area contributed by atoms with Crippen molar-refractivity contribution in [1.29, 1.82) is 0 Å². The Morgan fingerprint density at radius 3 is 2.40 bits per heavy atom. The minimum absolute atomic E-state index is 0.445. The van der Waals surface area contributed by atoms with Crippen LogP contribution in [0.25, 0.3) is 42.8 Å². The van der Waals surface area contributed by atoms with Crippen molar-refractivity contribution in [3.05, 3.63) is 70.4 Å². The monoisotopic (exact) mass is 672 g/mol. The predicted molar refractivity (Wildman–Crippen MR) is 189 cm³/mol. The molecule has 8 nitrogen and oxygen atoms in total. The molecule has 1 unspecified atom stereocenters. The van der Waals surface area contributed by atoms with Gasteiger partial charge in [0.25, 0.3) is 0 Å². The van der Waals surface area contributed by atoms with Gasteiger partial charge in [-0.3, -0.25) is 9.58 Å². The summed E-state index contributed by atoms with van der Waals surface area (Å²) in [6, 6.07) is 16.6. The van der Waals surface area contributed by atoms with Crippen molar-refractivity contribution in [2.24, 2.45) is 0 Å². The average molecular weight is 673 g/mol. The number of hydrogen-bond acceptors (Lipinski definition) is 7. The van der Waals surface area contributed by atoms with Crippen LogP contribution in [-0.4, -0.2) is 68.7 Å². The third-order valence-electron chi connectivity index (χ3n) is 9.40. The number of halogens is 1. The summed E-state index contributed by atoms with van der Waals surface area (Å²) >= 11 is 7.87. The van der Waals surface area contributed by atoms with Crippen LogP contribution in [0, 0.1) is 6.92 Å². The third kappa shape index (κ3) is 6.20. The number of carboxylic acid groups (broad SMARTS) is 1. The molecule has 2 aliphatic rings. The molecular formula is C37H41ClN4O4S. The zero-order valence-electron chi connectivity index (χ0n) is 27.5. The number of nitrogens with zero attached hydrogens (tertiary/aromatic N) is 4. The van der Waals surface area contributed by atoms with Gasteiger partial charge >= 0.3 is 5.97 Å². The molecule has 0 aliphatic carbocycles. The van der Waals surface area contributed by atoms with Gasteiger partial charge in [-0.1, -0.05) is 23.7 Å². The molecule has 0 bridgehead atoms. The first-order valence-corrected chi connectivity index (χ1v) is 17.6. The van der Waals surface area contributed by atoms with E-state index in [-0.39, 0.29) is 0 Å². The molecule has 2 aromatic heterocycles. The smallest absolute Gasteiger partial charge is 0.337 e. The molecule has 0 spiro atoms. The Bertz CT molecular complexity index is 1950. The van der Waals surface area contributed by atoms with E-state index in [0.717, 1.165) is 88.7 Å². The number of likely N-dealkylation sites (tertiary alicyclic amines) is 1. The van der Waals surface area contributed by atoms with Gasteiger partial charge in [-0.25, -0.2) is 9.78 Å². The highest BCUT2D eigenvalue weighted by molar-refractivity contribution is 7.22. The lowest BCUT2D eigenvalue weighted by atomic mass is 9.90. The number of carbonyl (C=O) groups is 1. The van der Waals surface area contributed by atoms with E-state index in [0.29, 0.717) is 22.5 Å². The van der Waals surface area contributed by atoms with Crippen molar-refractivity contribution in [3.8, 4) is 21.7 Å². The molecule has 47 heavy (non-hydrogen) atoms. The Labute approximate surface area is 284 Å². The molecule has 7 rings (SSSR count). The molecule has 4 heterocycles. The maximum Gasteiger partial charge on any atom is 0.337 e. The Morgan fingerprint density at radius 1 is 1.09 bits per heavy atom. The first-order valence-electron chi connectivity index (χ1n) is 16.4. The standard InChI is InChI=1S/C37H41ClN4O4S/c1-6-42-32(23-13-15-41(16-14-23)26-19-45-20-26)27-18-24(9-12-28(27)40-42)35-39-29-17-21(2)30(33(36(43)44)46-37(3,4)5)31(34(29)47-35)22-7-10-25(38)11-8-22/h7-12,17-18,23,26,33H,6,13-16,19-20H2,1-5H3,(H,43,44). The van der Waals surface area contributed by atoms with Crippen molar-refractivity contribution in [1.82, 2.24) is 19.7 Å². The van der Waals surface area contributed by atoms with E-state index in [1.54, 1.807) is 11.3 Å². The third-order valence-corrected chi connectivity index (χ3v) is 10.8. The molecule has 10 heteroatoms. The van der Waals surface area contributed by atoms with Crippen molar-refractivity contribution in [2.75, 3.05) is 26.3 Å². The van der Waals surface area contributed by atoms with Gasteiger partial charge < -0.3 is 14.6 Å². The summed E-state index contributed by atoms with van der Waals surface area (Å²) in [5, 5.41) is 18.1. The number of aliphatic carboxylic acids is 1. The van der Waals surface area contributed by atoms with Crippen LogP contribution in [0.4, 0.5) is 0 Å². The first-order chi connectivity index (χ1) is 22.5. The average Bonchev–Trinajstić information content (AvgIpc) is 3.60. The maximum atomic E-state index is 12.7.